The second-order valence-electron chi connectivity index (χ2n) is 12.0. The lowest BCUT2D eigenvalue weighted by molar-refractivity contribution is -0.308. The Labute approximate surface area is 266 Å². The summed E-state index contributed by atoms with van der Waals surface area (Å²) in [5.74, 6) is 7.14. The van der Waals surface area contributed by atoms with Crippen LogP contribution in [0.15, 0.2) is 0 Å². The number of hydrogen-bond donors (Lipinski definition) is 11. The van der Waals surface area contributed by atoms with Crippen LogP contribution >= 0.6 is 0 Å². The largest absolute Gasteiger partial charge is 0.396 e. The van der Waals surface area contributed by atoms with Crippen LogP contribution in [-0.2, 0) is 38.0 Å². The molecule has 0 spiro atoms. The average Bonchev–Trinajstić information content (AvgIpc) is 3.33. The summed E-state index contributed by atoms with van der Waals surface area (Å²) in [6.45, 7) is -0.876. The predicted molar refractivity (Wildman–Crippen MR) is 155 cm³/mol. The molecule has 4 rings (SSSR count). The maximum absolute atomic E-state index is 11.5. The van der Waals surface area contributed by atoms with Crippen molar-refractivity contribution in [3.63, 3.8) is 0 Å². The standard InChI is InChI=1S/C27H50N6O13/c1-2-5-39-9-15-23(44-25-16(31)10(8-34)18(35)13(6-28)40-25)21(38)27(42-15)45-24-12(46-33)4-3-11(30)22(24)43-26-17(32)20(37)19(36)14(7-29)41-26/h1,10-27,34-38H,3-9,28-33H2/t10?,11?,12?,13?,14?,15-,16?,17?,18+,19-,20?,21?,22-,23?,24?,25-,26-,27+/m1/s1. The lowest BCUT2D eigenvalue weighted by Gasteiger charge is -2.46. The second-order valence-corrected chi connectivity index (χ2v) is 12.0. The van der Waals surface area contributed by atoms with Gasteiger partial charge in [-0.05, 0) is 12.8 Å². The number of hydrogen-bond acceptors (Lipinski definition) is 19. The van der Waals surface area contributed by atoms with Crippen LogP contribution in [0.25, 0.3) is 0 Å². The summed E-state index contributed by atoms with van der Waals surface area (Å²) in [4.78, 5) is 5.20. The summed E-state index contributed by atoms with van der Waals surface area (Å²) in [6, 6.07) is -2.85. The summed E-state index contributed by atoms with van der Waals surface area (Å²) < 4.78 is 41.6. The molecule has 3 heterocycles. The number of terminal acetylenes is 1. The number of aliphatic hydroxyl groups is 5. The van der Waals surface area contributed by atoms with Gasteiger partial charge < -0.3 is 87.4 Å². The van der Waals surface area contributed by atoms with E-state index >= 15 is 0 Å². The van der Waals surface area contributed by atoms with Crippen LogP contribution in [0.5, 0.6) is 0 Å². The Morgan fingerprint density at radius 3 is 1.91 bits per heavy atom. The molecular weight excluding hydrogens is 616 g/mol. The van der Waals surface area contributed by atoms with E-state index in [9.17, 15) is 25.5 Å². The average molecular weight is 667 g/mol. The number of ether oxygens (including phenoxy) is 7. The minimum atomic E-state index is -1.49. The first-order chi connectivity index (χ1) is 22.0. The van der Waals surface area contributed by atoms with Gasteiger partial charge in [-0.15, -0.1) is 6.42 Å². The summed E-state index contributed by atoms with van der Waals surface area (Å²) in [7, 11) is 0. The third-order valence-corrected chi connectivity index (χ3v) is 9.06. The summed E-state index contributed by atoms with van der Waals surface area (Å²) in [5.41, 5.74) is 30.3. The molecule has 4 aliphatic rings. The molecule has 266 valence electrons. The van der Waals surface area contributed by atoms with Crippen molar-refractivity contribution in [2.24, 2.45) is 40.5 Å². The van der Waals surface area contributed by atoms with Gasteiger partial charge in [0.05, 0.1) is 37.5 Å². The Morgan fingerprint density at radius 1 is 0.717 bits per heavy atom. The molecule has 19 nitrogen and oxygen atoms in total. The monoisotopic (exact) mass is 666 g/mol. The zero-order valence-electron chi connectivity index (χ0n) is 25.4. The lowest BCUT2D eigenvalue weighted by Crippen LogP contribution is -2.66. The molecule has 0 radical (unpaired) electrons. The second kappa shape index (κ2) is 17.0. The third-order valence-electron chi connectivity index (χ3n) is 9.06. The van der Waals surface area contributed by atoms with Crippen molar-refractivity contribution in [1.29, 1.82) is 0 Å². The van der Waals surface area contributed by atoms with Crippen molar-refractivity contribution >= 4 is 0 Å². The van der Waals surface area contributed by atoms with Crippen LogP contribution in [0.3, 0.4) is 0 Å². The highest BCUT2D eigenvalue weighted by atomic mass is 16.8. The van der Waals surface area contributed by atoms with Crippen LogP contribution in [-0.4, -0.2) is 163 Å². The molecule has 0 aromatic carbocycles. The first-order valence-corrected chi connectivity index (χ1v) is 15.3. The van der Waals surface area contributed by atoms with Gasteiger partial charge in [-0.2, -0.15) is 0 Å². The highest BCUT2D eigenvalue weighted by molar-refractivity contribution is 4.99. The molecule has 1 saturated carbocycles. The molecule has 19 heteroatoms. The fourth-order valence-electron chi connectivity index (χ4n) is 6.31. The van der Waals surface area contributed by atoms with Gasteiger partial charge in [0.1, 0.15) is 61.5 Å². The van der Waals surface area contributed by atoms with E-state index in [1.807, 2.05) is 0 Å². The van der Waals surface area contributed by atoms with E-state index in [-0.39, 0.29) is 26.3 Å². The highest BCUT2D eigenvalue weighted by Gasteiger charge is 2.54. The summed E-state index contributed by atoms with van der Waals surface area (Å²) in [6.07, 6.45) is -10.1. The third kappa shape index (κ3) is 7.98. The van der Waals surface area contributed by atoms with Gasteiger partial charge in [-0.1, -0.05) is 5.92 Å². The van der Waals surface area contributed by atoms with Gasteiger partial charge in [0, 0.05) is 25.0 Å². The molecule has 46 heavy (non-hydrogen) atoms. The van der Waals surface area contributed by atoms with Crippen molar-refractivity contribution in [2.45, 2.75) is 117 Å². The van der Waals surface area contributed by atoms with E-state index in [0.717, 1.165) is 0 Å². The minimum absolute atomic E-state index is 0.0653. The molecule has 3 aliphatic heterocycles. The molecule has 18 atom stereocenters. The van der Waals surface area contributed by atoms with Crippen LogP contribution in [0.1, 0.15) is 12.8 Å². The molecule has 0 bridgehead atoms. The Bertz CT molecular complexity index is 985. The van der Waals surface area contributed by atoms with Crippen molar-refractivity contribution in [3.8, 4) is 12.3 Å². The Balaban J connectivity index is 1.54. The van der Waals surface area contributed by atoms with Gasteiger partial charge >= 0.3 is 0 Å². The Morgan fingerprint density at radius 2 is 1.30 bits per heavy atom. The van der Waals surface area contributed by atoms with Crippen molar-refractivity contribution < 1.29 is 63.5 Å². The maximum Gasteiger partial charge on any atom is 0.187 e. The maximum atomic E-state index is 11.5. The quantitative estimate of drug-likeness (QED) is 0.0494. The van der Waals surface area contributed by atoms with E-state index < -0.39 is 117 Å². The molecule has 4 fully saturated rings. The fraction of sp³-hybridized carbons (Fsp3) is 0.926. The molecule has 1 aliphatic carbocycles. The molecule has 11 unspecified atom stereocenters. The normalized spacial score (nSPS) is 48.3. The molecule has 3 saturated heterocycles. The summed E-state index contributed by atoms with van der Waals surface area (Å²) >= 11 is 0. The number of nitrogens with two attached hydrogens (primary N) is 6. The van der Waals surface area contributed by atoms with Gasteiger partial charge in [0.15, 0.2) is 18.9 Å². The Hall–Kier alpha value is -1.20. The van der Waals surface area contributed by atoms with Gasteiger partial charge in [0.25, 0.3) is 0 Å². The van der Waals surface area contributed by atoms with E-state index in [1.165, 1.54) is 0 Å². The van der Waals surface area contributed by atoms with Crippen LogP contribution in [0, 0.1) is 18.3 Å². The van der Waals surface area contributed by atoms with Gasteiger partial charge in [-0.25, -0.2) is 5.90 Å². The molecule has 0 aromatic heterocycles. The molecular formula is C27H50N6O13. The molecule has 17 N–H and O–H groups in total. The Kier molecular flexibility index (Phi) is 13.9. The fourth-order valence-corrected chi connectivity index (χ4v) is 6.31. The summed E-state index contributed by atoms with van der Waals surface area (Å²) in [5, 5.41) is 52.6. The van der Waals surface area contributed by atoms with E-state index in [0.29, 0.717) is 12.8 Å². The SMILES string of the molecule is C#CCOC[C@H]1O[C@@H](OC2C(ON)CCC(N)[C@H]2O[C@H]2OC(CN)[C@@H](O)C(O)C2N)C(O)C1O[C@H]1OC(CN)[C@@H](O)C(CO)C1N. The zero-order valence-corrected chi connectivity index (χ0v) is 25.4. The zero-order chi connectivity index (χ0) is 33.7. The van der Waals surface area contributed by atoms with E-state index in [1.54, 1.807) is 0 Å². The smallest absolute Gasteiger partial charge is 0.187 e. The van der Waals surface area contributed by atoms with Crippen LogP contribution in [0.4, 0.5) is 0 Å². The minimum Gasteiger partial charge on any atom is -0.396 e. The first-order valence-electron chi connectivity index (χ1n) is 15.3. The van der Waals surface area contributed by atoms with E-state index in [2.05, 4.69) is 5.92 Å². The van der Waals surface area contributed by atoms with Crippen LogP contribution in [0.2, 0.25) is 0 Å². The highest BCUT2D eigenvalue weighted by Crippen LogP contribution is 2.35. The first kappa shape index (κ1) is 37.6. The predicted octanol–water partition coefficient (Wildman–Crippen LogP) is -7.03. The topological polar surface area (TPSA) is 331 Å². The lowest BCUT2D eigenvalue weighted by atomic mass is 9.87. The van der Waals surface area contributed by atoms with Crippen molar-refractivity contribution in [3.05, 3.63) is 0 Å². The molecule has 0 amide bonds. The van der Waals surface area contributed by atoms with Crippen molar-refractivity contribution in [2.75, 3.05) is 32.9 Å². The number of aliphatic hydroxyl groups excluding tert-OH is 5. The van der Waals surface area contributed by atoms with Gasteiger partial charge in [-0.3, -0.25) is 4.84 Å². The van der Waals surface area contributed by atoms with Crippen molar-refractivity contribution in [1.82, 2.24) is 0 Å². The van der Waals surface area contributed by atoms with E-state index in [4.69, 9.17) is 79.0 Å². The molecule has 0 aromatic rings. The number of rotatable bonds is 13. The van der Waals surface area contributed by atoms with Crippen LogP contribution < -0.4 is 34.6 Å². The van der Waals surface area contributed by atoms with Gasteiger partial charge in [0.2, 0.25) is 0 Å².